The lowest BCUT2D eigenvalue weighted by molar-refractivity contribution is 0.0646. The molecular weight excluding hydrogens is 251 g/mol. The summed E-state index contributed by atoms with van der Waals surface area (Å²) >= 11 is 0. The van der Waals surface area contributed by atoms with Crippen molar-refractivity contribution >= 4 is 24.8 Å². The van der Waals surface area contributed by atoms with Crippen LogP contribution in [0.3, 0.4) is 0 Å². The summed E-state index contributed by atoms with van der Waals surface area (Å²) < 4.78 is 5.61. The van der Waals surface area contributed by atoms with Gasteiger partial charge in [-0.05, 0) is 38.8 Å². The van der Waals surface area contributed by atoms with Gasteiger partial charge in [0, 0.05) is 19.2 Å². The smallest absolute Gasteiger partial charge is 0.0702 e. The maximum Gasteiger partial charge on any atom is 0.0702 e. The average Bonchev–Trinajstić information content (AvgIpc) is 2.62. The van der Waals surface area contributed by atoms with E-state index in [2.05, 4.69) is 4.90 Å². The largest absolute Gasteiger partial charge is 0.412 e. The molecule has 0 aromatic heterocycles. The Morgan fingerprint density at radius 3 is 2.25 bits per heavy atom. The molecule has 1 unspecified atom stereocenters. The maximum absolute atomic E-state index is 5.85. The zero-order valence-corrected chi connectivity index (χ0v) is 11.2. The topological polar surface area (TPSA) is 70.0 Å². The fourth-order valence-corrected chi connectivity index (χ4v) is 2.21. The van der Waals surface area contributed by atoms with E-state index in [0.29, 0.717) is 12.1 Å². The molecule has 6 heteroatoms. The van der Waals surface area contributed by atoms with E-state index in [1.165, 1.54) is 25.9 Å². The van der Waals surface area contributed by atoms with Gasteiger partial charge in [0.2, 0.25) is 0 Å². The predicted octanol–water partition coefficient (Wildman–Crippen LogP) is 0.607. The monoisotopic (exact) mass is 274 g/mol. The summed E-state index contributed by atoms with van der Waals surface area (Å²) in [6.07, 6.45) is 5.33. The molecule has 1 atom stereocenters. The van der Waals surface area contributed by atoms with Gasteiger partial charge in [-0.1, -0.05) is 0 Å². The molecule has 4 N–H and O–H groups in total. The van der Waals surface area contributed by atoms with E-state index < -0.39 is 0 Å². The number of hydrogen-bond donors (Lipinski definition) is 1. The van der Waals surface area contributed by atoms with E-state index in [1.807, 2.05) is 0 Å². The average molecular weight is 275 g/mol. The van der Waals surface area contributed by atoms with E-state index >= 15 is 0 Å². The minimum atomic E-state index is 0. The van der Waals surface area contributed by atoms with Crippen molar-refractivity contribution in [3.8, 4) is 0 Å². The van der Waals surface area contributed by atoms with Crippen molar-refractivity contribution in [2.75, 3.05) is 26.2 Å². The molecule has 4 nitrogen and oxygen atoms in total. The van der Waals surface area contributed by atoms with Crippen LogP contribution in [-0.4, -0.2) is 48.8 Å². The molecule has 0 aromatic carbocycles. The van der Waals surface area contributed by atoms with Crippen LogP contribution in [0.1, 0.15) is 25.7 Å². The molecule has 0 spiro atoms. The van der Waals surface area contributed by atoms with Crippen molar-refractivity contribution < 1.29 is 10.2 Å². The van der Waals surface area contributed by atoms with Crippen LogP contribution in [0.25, 0.3) is 0 Å². The molecule has 2 rings (SSSR count). The number of ether oxygens (including phenoxy) is 1. The molecule has 16 heavy (non-hydrogen) atoms. The number of nitrogens with zero attached hydrogens (tertiary/aromatic N) is 1. The van der Waals surface area contributed by atoms with Crippen LogP contribution < -0.4 is 5.73 Å². The second-order valence-electron chi connectivity index (χ2n) is 4.27. The van der Waals surface area contributed by atoms with Gasteiger partial charge in [-0.3, -0.25) is 0 Å². The maximum atomic E-state index is 5.85. The molecule has 100 valence electrons. The first-order valence-electron chi connectivity index (χ1n) is 5.44. The molecule has 0 saturated carbocycles. The van der Waals surface area contributed by atoms with Gasteiger partial charge in [0.05, 0.1) is 6.10 Å². The highest BCUT2D eigenvalue weighted by Gasteiger charge is 2.22. The van der Waals surface area contributed by atoms with E-state index in [9.17, 15) is 0 Å². The minimum absolute atomic E-state index is 0. The zero-order valence-electron chi connectivity index (χ0n) is 9.56. The Kier molecular flexibility index (Phi) is 11.1. The van der Waals surface area contributed by atoms with E-state index in [-0.39, 0.29) is 30.3 Å². The lowest BCUT2D eigenvalue weighted by atomic mass is 10.1. The first-order valence-corrected chi connectivity index (χ1v) is 5.44. The summed E-state index contributed by atoms with van der Waals surface area (Å²) in [6, 6.07) is 0.445. The molecule has 0 radical (unpaired) electrons. The van der Waals surface area contributed by atoms with Gasteiger partial charge in [0.1, 0.15) is 0 Å². The molecule has 0 bridgehead atoms. The van der Waals surface area contributed by atoms with Gasteiger partial charge in [0.15, 0.2) is 0 Å². The Labute approximate surface area is 110 Å². The highest BCUT2D eigenvalue weighted by atomic mass is 35.5. The van der Waals surface area contributed by atoms with Gasteiger partial charge < -0.3 is 20.8 Å². The Morgan fingerprint density at radius 2 is 1.75 bits per heavy atom. The van der Waals surface area contributed by atoms with Crippen molar-refractivity contribution in [2.24, 2.45) is 5.73 Å². The summed E-state index contributed by atoms with van der Waals surface area (Å²) in [5.41, 5.74) is 5.85. The van der Waals surface area contributed by atoms with Gasteiger partial charge >= 0.3 is 0 Å². The van der Waals surface area contributed by atoms with Gasteiger partial charge in [0.25, 0.3) is 0 Å². The normalized spacial score (nSPS) is 26.4. The van der Waals surface area contributed by atoms with Gasteiger partial charge in [-0.25, -0.2) is 0 Å². The first-order chi connectivity index (χ1) is 6.34. The van der Waals surface area contributed by atoms with Crippen molar-refractivity contribution in [3.05, 3.63) is 0 Å². The lowest BCUT2D eigenvalue weighted by Crippen LogP contribution is -2.42. The molecule has 2 aliphatic rings. The zero-order chi connectivity index (χ0) is 9.10. The first kappa shape index (κ1) is 18.8. The molecule has 0 aromatic rings. The van der Waals surface area contributed by atoms with Crippen molar-refractivity contribution in [3.63, 3.8) is 0 Å². The third kappa shape index (κ3) is 5.66. The van der Waals surface area contributed by atoms with Crippen molar-refractivity contribution in [1.82, 2.24) is 4.90 Å². The standard InChI is InChI=1S/C10H20N2O.2ClH.H2O/c11-9-3-5-12(6-4-9)8-10-2-1-7-13-10;;;/h9-10H,1-8,11H2;2*1H;1H2. The van der Waals surface area contributed by atoms with Crippen LogP contribution in [0.5, 0.6) is 0 Å². The van der Waals surface area contributed by atoms with Crippen molar-refractivity contribution in [2.45, 2.75) is 37.8 Å². The van der Waals surface area contributed by atoms with Crippen LogP contribution in [0.4, 0.5) is 0 Å². The number of halogens is 2. The number of hydrogen-bond acceptors (Lipinski definition) is 3. The second-order valence-corrected chi connectivity index (χ2v) is 4.27. The van der Waals surface area contributed by atoms with Gasteiger partial charge in [-0.2, -0.15) is 0 Å². The molecule has 0 aliphatic carbocycles. The number of piperidine rings is 1. The third-order valence-electron chi connectivity index (χ3n) is 3.12. The summed E-state index contributed by atoms with van der Waals surface area (Å²) in [4.78, 5) is 2.50. The highest BCUT2D eigenvalue weighted by Crippen LogP contribution is 2.16. The fraction of sp³-hybridized carbons (Fsp3) is 1.00. The summed E-state index contributed by atoms with van der Waals surface area (Å²) in [5.74, 6) is 0. The molecule has 2 heterocycles. The van der Waals surface area contributed by atoms with E-state index in [4.69, 9.17) is 10.5 Å². The van der Waals surface area contributed by atoms with Crippen LogP contribution in [0.2, 0.25) is 0 Å². The number of rotatable bonds is 2. The summed E-state index contributed by atoms with van der Waals surface area (Å²) in [7, 11) is 0. The van der Waals surface area contributed by atoms with Crippen LogP contribution in [0, 0.1) is 0 Å². The quantitative estimate of drug-likeness (QED) is 0.802. The van der Waals surface area contributed by atoms with Gasteiger partial charge in [-0.15, -0.1) is 24.8 Å². The molecule has 2 aliphatic heterocycles. The predicted molar refractivity (Wildman–Crippen MR) is 70.7 cm³/mol. The van der Waals surface area contributed by atoms with Crippen LogP contribution >= 0.6 is 24.8 Å². The van der Waals surface area contributed by atoms with E-state index in [1.54, 1.807) is 0 Å². The van der Waals surface area contributed by atoms with Crippen molar-refractivity contribution in [1.29, 1.82) is 0 Å². The van der Waals surface area contributed by atoms with Crippen LogP contribution in [0.15, 0.2) is 0 Å². The fourth-order valence-electron chi connectivity index (χ4n) is 2.21. The number of nitrogens with two attached hydrogens (primary N) is 1. The summed E-state index contributed by atoms with van der Waals surface area (Å²) in [6.45, 7) is 4.44. The molecule has 2 saturated heterocycles. The highest BCUT2D eigenvalue weighted by molar-refractivity contribution is 5.85. The number of likely N-dealkylation sites (tertiary alicyclic amines) is 1. The molecule has 0 amide bonds. The Hall–Kier alpha value is 0.420. The minimum Gasteiger partial charge on any atom is -0.412 e. The lowest BCUT2D eigenvalue weighted by Gasteiger charge is -2.31. The summed E-state index contributed by atoms with van der Waals surface area (Å²) in [5, 5.41) is 0. The Balaban J connectivity index is 0. The third-order valence-corrected chi connectivity index (χ3v) is 3.12. The Morgan fingerprint density at radius 1 is 1.12 bits per heavy atom. The SMILES string of the molecule is Cl.Cl.NC1CCN(CC2CCCO2)CC1.O. The second kappa shape index (κ2) is 9.45. The van der Waals surface area contributed by atoms with E-state index in [0.717, 1.165) is 26.0 Å². The van der Waals surface area contributed by atoms with Crippen LogP contribution in [-0.2, 0) is 4.74 Å². The molecular formula is C10H24Cl2N2O2. The molecule has 2 fully saturated rings. The Bertz CT molecular complexity index is 161.